The van der Waals surface area contributed by atoms with Gasteiger partial charge < -0.3 is 10.3 Å². The van der Waals surface area contributed by atoms with E-state index in [0.717, 1.165) is 30.0 Å². The zero-order chi connectivity index (χ0) is 11.8. The van der Waals surface area contributed by atoms with Crippen LogP contribution in [-0.2, 0) is 13.0 Å². The molecule has 1 unspecified atom stereocenters. The van der Waals surface area contributed by atoms with E-state index in [1.165, 1.54) is 25.7 Å². The lowest BCUT2D eigenvalue weighted by atomic mass is 10.0. The number of nitrogens with zero attached hydrogens (tertiary/aromatic N) is 1. The first-order chi connectivity index (χ1) is 8.24. The molecule has 0 saturated heterocycles. The molecule has 1 aliphatic carbocycles. The number of nitrogens with one attached hydrogen (secondary N) is 2. The van der Waals surface area contributed by atoms with Crippen LogP contribution < -0.4 is 10.9 Å². The summed E-state index contributed by atoms with van der Waals surface area (Å²) in [7, 11) is 0. The predicted octanol–water partition coefficient (Wildman–Crippen LogP) is 1.46. The van der Waals surface area contributed by atoms with Crippen LogP contribution in [0.5, 0.6) is 0 Å². The maximum Gasteiger partial charge on any atom is 0.254 e. The normalized spacial score (nSPS) is 24.9. The molecule has 17 heavy (non-hydrogen) atoms. The van der Waals surface area contributed by atoms with Crippen LogP contribution >= 0.6 is 0 Å². The first-order valence-corrected chi connectivity index (χ1v) is 6.59. The van der Waals surface area contributed by atoms with Crippen LogP contribution in [0.1, 0.15) is 55.6 Å². The lowest BCUT2D eigenvalue weighted by Crippen LogP contribution is -2.38. The molecule has 2 N–H and O–H groups in total. The third-order valence-electron chi connectivity index (χ3n) is 3.99. The Kier molecular flexibility index (Phi) is 2.74. The Hall–Kier alpha value is -1.16. The van der Waals surface area contributed by atoms with Gasteiger partial charge in [0.15, 0.2) is 0 Å². The minimum absolute atomic E-state index is 0.0882. The van der Waals surface area contributed by atoms with Gasteiger partial charge in [0.05, 0.1) is 5.69 Å². The molecule has 0 aromatic carbocycles. The number of aromatic nitrogens is 2. The topological polar surface area (TPSA) is 57.8 Å². The number of H-pyrrole nitrogens is 1. The van der Waals surface area contributed by atoms with Gasteiger partial charge in [-0.05, 0) is 26.2 Å². The number of hydrogen-bond acceptors (Lipinski definition) is 3. The highest BCUT2D eigenvalue weighted by atomic mass is 16.1. The molecule has 4 heteroatoms. The van der Waals surface area contributed by atoms with E-state index in [0.29, 0.717) is 12.0 Å². The van der Waals surface area contributed by atoms with Gasteiger partial charge in [-0.3, -0.25) is 4.79 Å². The van der Waals surface area contributed by atoms with Crippen molar-refractivity contribution in [2.75, 3.05) is 0 Å². The van der Waals surface area contributed by atoms with Crippen LogP contribution in [-0.4, -0.2) is 16.0 Å². The van der Waals surface area contributed by atoms with Crippen molar-refractivity contribution >= 4 is 0 Å². The third kappa shape index (κ3) is 2.02. The van der Waals surface area contributed by atoms with Crippen molar-refractivity contribution < 1.29 is 0 Å². The van der Waals surface area contributed by atoms with Gasteiger partial charge in [0, 0.05) is 24.1 Å². The average molecular weight is 233 g/mol. The van der Waals surface area contributed by atoms with Gasteiger partial charge in [-0.25, -0.2) is 4.98 Å². The molecule has 1 saturated carbocycles. The highest BCUT2D eigenvalue weighted by molar-refractivity contribution is 5.22. The largest absolute Gasteiger partial charge is 0.310 e. The maximum atomic E-state index is 12.1. The Morgan fingerprint density at radius 1 is 1.29 bits per heavy atom. The first kappa shape index (κ1) is 11.0. The first-order valence-electron chi connectivity index (χ1n) is 6.59. The van der Waals surface area contributed by atoms with E-state index in [1.54, 1.807) is 0 Å². The molecular formula is C13H19N3O. The molecule has 1 fully saturated rings. The van der Waals surface area contributed by atoms with Gasteiger partial charge in [-0.15, -0.1) is 0 Å². The lowest BCUT2D eigenvalue weighted by molar-refractivity contribution is 0.493. The molecule has 1 aliphatic heterocycles. The minimum atomic E-state index is 0.0882. The SMILES string of the molecule is CC1Cc2c(nc(C3CCCC3)[nH]c2=O)CN1. The number of hydrogen-bond donors (Lipinski definition) is 2. The van der Waals surface area contributed by atoms with Crippen molar-refractivity contribution in [1.82, 2.24) is 15.3 Å². The van der Waals surface area contributed by atoms with Crippen LogP contribution in [0.15, 0.2) is 4.79 Å². The van der Waals surface area contributed by atoms with Crippen LogP contribution in [0.2, 0.25) is 0 Å². The molecule has 0 radical (unpaired) electrons. The van der Waals surface area contributed by atoms with Crippen LogP contribution in [0.25, 0.3) is 0 Å². The Morgan fingerprint density at radius 3 is 2.82 bits per heavy atom. The van der Waals surface area contributed by atoms with E-state index in [-0.39, 0.29) is 5.56 Å². The van der Waals surface area contributed by atoms with Gasteiger partial charge in [0.1, 0.15) is 5.82 Å². The molecule has 2 heterocycles. The van der Waals surface area contributed by atoms with E-state index in [2.05, 4.69) is 22.2 Å². The fourth-order valence-electron chi connectivity index (χ4n) is 2.96. The second-order valence-corrected chi connectivity index (χ2v) is 5.34. The molecule has 0 amide bonds. The molecule has 0 spiro atoms. The zero-order valence-corrected chi connectivity index (χ0v) is 10.3. The van der Waals surface area contributed by atoms with Crippen molar-refractivity contribution in [3.8, 4) is 0 Å². The monoisotopic (exact) mass is 233 g/mol. The molecular weight excluding hydrogens is 214 g/mol. The van der Waals surface area contributed by atoms with E-state index in [9.17, 15) is 4.79 Å². The van der Waals surface area contributed by atoms with Crippen LogP contribution in [0.3, 0.4) is 0 Å². The van der Waals surface area contributed by atoms with E-state index in [4.69, 9.17) is 0 Å². The van der Waals surface area contributed by atoms with Crippen molar-refractivity contribution in [2.24, 2.45) is 0 Å². The predicted molar refractivity (Wildman–Crippen MR) is 66.1 cm³/mol. The van der Waals surface area contributed by atoms with Gasteiger partial charge >= 0.3 is 0 Å². The van der Waals surface area contributed by atoms with E-state index < -0.39 is 0 Å². The summed E-state index contributed by atoms with van der Waals surface area (Å²) in [5.74, 6) is 1.40. The third-order valence-corrected chi connectivity index (χ3v) is 3.99. The summed E-state index contributed by atoms with van der Waals surface area (Å²) in [5.41, 5.74) is 1.94. The van der Waals surface area contributed by atoms with E-state index in [1.807, 2.05) is 0 Å². The van der Waals surface area contributed by atoms with Crippen molar-refractivity contribution in [3.05, 3.63) is 27.4 Å². The summed E-state index contributed by atoms with van der Waals surface area (Å²) < 4.78 is 0. The Bertz CT molecular complexity index is 474. The molecule has 1 aromatic rings. The summed E-state index contributed by atoms with van der Waals surface area (Å²) in [6.45, 7) is 2.84. The molecule has 2 aliphatic rings. The quantitative estimate of drug-likeness (QED) is 0.772. The highest BCUT2D eigenvalue weighted by Crippen LogP contribution is 2.31. The highest BCUT2D eigenvalue weighted by Gasteiger charge is 2.24. The smallest absolute Gasteiger partial charge is 0.254 e. The standard InChI is InChI=1S/C13H19N3O/c1-8-6-10-11(7-14-8)15-12(16-13(10)17)9-4-2-3-5-9/h8-9,14H,2-7H2,1H3,(H,15,16,17). The zero-order valence-electron chi connectivity index (χ0n) is 10.3. The number of fused-ring (bicyclic) bond motifs is 1. The summed E-state index contributed by atoms with van der Waals surface area (Å²) in [6, 6.07) is 0.378. The molecule has 1 atom stereocenters. The molecule has 92 valence electrons. The maximum absolute atomic E-state index is 12.1. The van der Waals surface area contributed by atoms with Gasteiger partial charge in [-0.1, -0.05) is 12.8 Å². The molecule has 4 nitrogen and oxygen atoms in total. The lowest BCUT2D eigenvalue weighted by Gasteiger charge is -2.22. The molecule has 1 aromatic heterocycles. The average Bonchev–Trinajstić information content (AvgIpc) is 2.83. The number of rotatable bonds is 1. The van der Waals surface area contributed by atoms with Gasteiger partial charge in [0.2, 0.25) is 0 Å². The second kappa shape index (κ2) is 4.26. The van der Waals surface area contributed by atoms with Crippen molar-refractivity contribution in [2.45, 2.75) is 57.5 Å². The summed E-state index contributed by atoms with van der Waals surface area (Å²) in [4.78, 5) is 19.7. The van der Waals surface area contributed by atoms with Crippen molar-refractivity contribution in [1.29, 1.82) is 0 Å². The Balaban J connectivity index is 1.98. The summed E-state index contributed by atoms with van der Waals surface area (Å²) in [6.07, 6.45) is 5.67. The molecule has 0 bridgehead atoms. The van der Waals surface area contributed by atoms with Crippen LogP contribution in [0, 0.1) is 0 Å². The summed E-state index contributed by atoms with van der Waals surface area (Å²) >= 11 is 0. The van der Waals surface area contributed by atoms with Gasteiger partial charge in [0.25, 0.3) is 5.56 Å². The Labute approximate surface area is 101 Å². The fraction of sp³-hybridized carbons (Fsp3) is 0.692. The van der Waals surface area contributed by atoms with E-state index >= 15 is 0 Å². The number of aromatic amines is 1. The Morgan fingerprint density at radius 2 is 2.06 bits per heavy atom. The molecule has 3 rings (SSSR count). The van der Waals surface area contributed by atoms with Crippen molar-refractivity contribution in [3.63, 3.8) is 0 Å². The summed E-state index contributed by atoms with van der Waals surface area (Å²) in [5, 5.41) is 3.37. The minimum Gasteiger partial charge on any atom is -0.310 e. The van der Waals surface area contributed by atoms with Gasteiger partial charge in [-0.2, -0.15) is 0 Å². The van der Waals surface area contributed by atoms with Crippen LogP contribution in [0.4, 0.5) is 0 Å². The fourth-order valence-corrected chi connectivity index (χ4v) is 2.96. The second-order valence-electron chi connectivity index (χ2n) is 5.34.